The number of ether oxygens (including phenoxy) is 1. The van der Waals surface area contributed by atoms with Crippen LogP contribution >= 0.6 is 11.8 Å². The molecule has 1 aromatic carbocycles. The second-order valence-electron chi connectivity index (χ2n) is 3.69. The van der Waals surface area contributed by atoms with Crippen molar-refractivity contribution in [3.63, 3.8) is 0 Å². The van der Waals surface area contributed by atoms with E-state index in [4.69, 9.17) is 4.74 Å². The lowest BCUT2D eigenvalue weighted by Gasteiger charge is -2.09. The Bertz CT molecular complexity index is 297. The third-order valence-corrected chi connectivity index (χ3v) is 3.11. The highest BCUT2D eigenvalue weighted by atomic mass is 32.2. The molecule has 0 saturated carbocycles. The van der Waals surface area contributed by atoms with E-state index < -0.39 is 0 Å². The summed E-state index contributed by atoms with van der Waals surface area (Å²) in [7, 11) is 0. The smallest absolute Gasteiger partial charge is 0.122 e. The minimum absolute atomic E-state index is 0.841. The maximum Gasteiger partial charge on any atom is 0.122 e. The van der Waals surface area contributed by atoms with E-state index in [9.17, 15) is 0 Å². The molecule has 0 saturated heterocycles. The van der Waals surface area contributed by atoms with Crippen molar-refractivity contribution >= 4 is 11.8 Å². The fraction of sp³-hybridized carbons (Fsp3) is 0.538. The largest absolute Gasteiger partial charge is 0.493 e. The average molecular weight is 224 g/mol. The number of hydrogen-bond donors (Lipinski definition) is 0. The van der Waals surface area contributed by atoms with Crippen molar-refractivity contribution in [3.8, 4) is 5.75 Å². The van der Waals surface area contributed by atoms with Crippen LogP contribution in [-0.2, 0) is 0 Å². The summed E-state index contributed by atoms with van der Waals surface area (Å²) in [6.45, 7) is 5.15. The predicted molar refractivity (Wildman–Crippen MR) is 68.0 cm³/mol. The molecule has 0 heterocycles. The van der Waals surface area contributed by atoms with Crippen molar-refractivity contribution in [3.05, 3.63) is 23.8 Å². The Morgan fingerprint density at radius 3 is 2.67 bits per heavy atom. The lowest BCUT2D eigenvalue weighted by Crippen LogP contribution is -1.98. The molecule has 2 heteroatoms. The monoisotopic (exact) mass is 224 g/mol. The van der Waals surface area contributed by atoms with Crippen molar-refractivity contribution in [2.75, 3.05) is 12.9 Å². The highest BCUT2D eigenvalue weighted by Crippen LogP contribution is 2.24. The topological polar surface area (TPSA) is 9.23 Å². The van der Waals surface area contributed by atoms with E-state index in [-0.39, 0.29) is 0 Å². The summed E-state index contributed by atoms with van der Waals surface area (Å²) in [6, 6.07) is 6.37. The molecule has 0 fully saturated rings. The molecule has 0 aliphatic rings. The molecule has 0 spiro atoms. The van der Waals surface area contributed by atoms with E-state index >= 15 is 0 Å². The number of rotatable bonds is 6. The van der Waals surface area contributed by atoms with E-state index in [0.29, 0.717) is 0 Å². The third kappa shape index (κ3) is 4.17. The first kappa shape index (κ1) is 12.4. The van der Waals surface area contributed by atoms with Crippen molar-refractivity contribution in [1.29, 1.82) is 0 Å². The van der Waals surface area contributed by atoms with E-state index in [1.807, 2.05) is 0 Å². The predicted octanol–water partition coefficient (Wildman–Crippen LogP) is 4.29. The van der Waals surface area contributed by atoms with Crippen molar-refractivity contribution in [2.45, 2.75) is 38.0 Å². The molecule has 0 atom stereocenters. The summed E-state index contributed by atoms with van der Waals surface area (Å²) in [5, 5.41) is 0. The SMILES string of the molecule is CCCCCOc1ccc(SC)cc1C. The van der Waals surface area contributed by atoms with Gasteiger partial charge >= 0.3 is 0 Å². The molecule has 0 radical (unpaired) electrons. The molecule has 84 valence electrons. The summed E-state index contributed by atoms with van der Waals surface area (Å²) >= 11 is 1.77. The summed E-state index contributed by atoms with van der Waals surface area (Å²) in [6.07, 6.45) is 5.74. The first-order valence-corrected chi connectivity index (χ1v) is 6.78. The van der Waals surface area contributed by atoms with Gasteiger partial charge in [-0.3, -0.25) is 0 Å². The first-order chi connectivity index (χ1) is 7.27. The van der Waals surface area contributed by atoms with Crippen LogP contribution in [0.4, 0.5) is 0 Å². The van der Waals surface area contributed by atoms with E-state index in [1.54, 1.807) is 11.8 Å². The van der Waals surface area contributed by atoms with Crippen molar-refractivity contribution in [2.24, 2.45) is 0 Å². The second kappa shape index (κ2) is 6.78. The van der Waals surface area contributed by atoms with E-state index in [2.05, 4.69) is 38.3 Å². The van der Waals surface area contributed by atoms with Gasteiger partial charge in [-0.15, -0.1) is 11.8 Å². The molecule has 0 aliphatic heterocycles. The van der Waals surface area contributed by atoms with Gasteiger partial charge in [-0.05, 0) is 43.4 Å². The maximum absolute atomic E-state index is 5.73. The summed E-state index contributed by atoms with van der Waals surface area (Å²) in [5.74, 6) is 1.03. The maximum atomic E-state index is 5.73. The Balaban J connectivity index is 2.47. The lowest BCUT2D eigenvalue weighted by atomic mass is 10.2. The average Bonchev–Trinajstić information content (AvgIpc) is 2.26. The van der Waals surface area contributed by atoms with Gasteiger partial charge in [0.1, 0.15) is 5.75 Å². The highest BCUT2D eigenvalue weighted by molar-refractivity contribution is 7.98. The number of thioether (sulfide) groups is 1. The third-order valence-electron chi connectivity index (χ3n) is 2.39. The van der Waals surface area contributed by atoms with Gasteiger partial charge in [-0.25, -0.2) is 0 Å². The lowest BCUT2D eigenvalue weighted by molar-refractivity contribution is 0.304. The molecule has 0 aromatic heterocycles. The number of benzene rings is 1. The Morgan fingerprint density at radius 1 is 1.27 bits per heavy atom. The van der Waals surface area contributed by atoms with Crippen LogP contribution in [0.3, 0.4) is 0 Å². The highest BCUT2D eigenvalue weighted by Gasteiger charge is 2.00. The fourth-order valence-corrected chi connectivity index (χ4v) is 1.94. The Kier molecular flexibility index (Phi) is 5.62. The van der Waals surface area contributed by atoms with Crippen LogP contribution in [0.25, 0.3) is 0 Å². The van der Waals surface area contributed by atoms with Gasteiger partial charge < -0.3 is 4.74 Å². The van der Waals surface area contributed by atoms with Crippen LogP contribution in [0, 0.1) is 6.92 Å². The molecule has 0 N–H and O–H groups in total. The standard InChI is InChI=1S/C13H20OS/c1-4-5-6-9-14-13-8-7-12(15-3)10-11(13)2/h7-8,10H,4-6,9H2,1-3H3. The Hall–Kier alpha value is -0.630. The van der Waals surface area contributed by atoms with Gasteiger partial charge in [0, 0.05) is 4.90 Å². The molecule has 0 unspecified atom stereocenters. The zero-order chi connectivity index (χ0) is 11.1. The molecule has 15 heavy (non-hydrogen) atoms. The van der Waals surface area contributed by atoms with Crippen LogP contribution in [0.1, 0.15) is 31.7 Å². The second-order valence-corrected chi connectivity index (χ2v) is 4.57. The molecule has 0 amide bonds. The summed E-state index contributed by atoms with van der Waals surface area (Å²) in [4.78, 5) is 1.30. The van der Waals surface area contributed by atoms with Gasteiger partial charge in [0.25, 0.3) is 0 Å². The normalized spacial score (nSPS) is 10.3. The fourth-order valence-electron chi connectivity index (χ4n) is 1.44. The molecular formula is C13H20OS. The molecular weight excluding hydrogens is 204 g/mol. The summed E-state index contributed by atoms with van der Waals surface area (Å²) < 4.78 is 5.73. The van der Waals surface area contributed by atoms with Crippen LogP contribution in [0.15, 0.2) is 23.1 Å². The minimum atomic E-state index is 0.841. The minimum Gasteiger partial charge on any atom is -0.493 e. The molecule has 1 aromatic rings. The summed E-state index contributed by atoms with van der Waals surface area (Å²) in [5.41, 5.74) is 1.23. The van der Waals surface area contributed by atoms with Gasteiger partial charge in [0.2, 0.25) is 0 Å². The molecule has 1 rings (SSSR count). The number of hydrogen-bond acceptors (Lipinski definition) is 2. The van der Waals surface area contributed by atoms with E-state index in [1.165, 1.54) is 23.3 Å². The van der Waals surface area contributed by atoms with Crippen LogP contribution in [0.5, 0.6) is 5.75 Å². The zero-order valence-corrected chi connectivity index (χ0v) is 10.7. The van der Waals surface area contributed by atoms with Gasteiger partial charge in [-0.2, -0.15) is 0 Å². The number of aryl methyl sites for hydroxylation is 1. The van der Waals surface area contributed by atoms with Gasteiger partial charge in [0.05, 0.1) is 6.61 Å². The van der Waals surface area contributed by atoms with E-state index in [0.717, 1.165) is 18.8 Å². The quantitative estimate of drug-likeness (QED) is 0.526. The molecule has 0 bridgehead atoms. The van der Waals surface area contributed by atoms with Gasteiger partial charge in [0.15, 0.2) is 0 Å². The van der Waals surface area contributed by atoms with Crippen molar-refractivity contribution < 1.29 is 4.74 Å². The first-order valence-electron chi connectivity index (χ1n) is 5.55. The van der Waals surface area contributed by atoms with Crippen LogP contribution in [0.2, 0.25) is 0 Å². The van der Waals surface area contributed by atoms with Crippen LogP contribution < -0.4 is 4.74 Å². The Labute approximate surface area is 97.2 Å². The molecule has 0 aliphatic carbocycles. The number of unbranched alkanes of at least 4 members (excludes halogenated alkanes) is 2. The zero-order valence-electron chi connectivity index (χ0n) is 9.88. The molecule has 1 nitrogen and oxygen atoms in total. The van der Waals surface area contributed by atoms with Crippen molar-refractivity contribution in [1.82, 2.24) is 0 Å². The van der Waals surface area contributed by atoms with Gasteiger partial charge in [-0.1, -0.05) is 19.8 Å². The Morgan fingerprint density at radius 2 is 2.07 bits per heavy atom. The van der Waals surface area contributed by atoms with Crippen LogP contribution in [-0.4, -0.2) is 12.9 Å².